The van der Waals surface area contributed by atoms with Crippen LogP contribution in [0.1, 0.15) is 28.5 Å². The Morgan fingerprint density at radius 1 is 1.21 bits per heavy atom. The molecule has 0 unspecified atom stereocenters. The molecule has 1 aliphatic rings. The van der Waals surface area contributed by atoms with Crippen LogP contribution in [-0.2, 0) is 6.42 Å². The number of halogens is 1. The Balaban J connectivity index is 1.89. The third-order valence-electron chi connectivity index (χ3n) is 4.56. The van der Waals surface area contributed by atoms with Crippen molar-refractivity contribution in [1.29, 1.82) is 0 Å². The topological polar surface area (TPSA) is 33.2 Å². The first-order valence-corrected chi connectivity index (χ1v) is 8.03. The zero-order valence-corrected chi connectivity index (χ0v) is 13.6. The molecule has 3 aromatic rings. The maximum Gasteiger partial charge on any atom is 0.259 e. The van der Waals surface area contributed by atoms with Crippen LogP contribution in [0.5, 0.6) is 0 Å². The van der Waals surface area contributed by atoms with E-state index in [9.17, 15) is 9.18 Å². The molecule has 0 N–H and O–H groups in total. The van der Waals surface area contributed by atoms with Gasteiger partial charge >= 0.3 is 0 Å². The van der Waals surface area contributed by atoms with Crippen LogP contribution in [0.2, 0.25) is 0 Å². The van der Waals surface area contributed by atoms with Crippen molar-refractivity contribution in [2.45, 2.75) is 26.3 Å². The van der Waals surface area contributed by atoms with E-state index < -0.39 is 0 Å². The molecule has 4 heteroatoms. The molecule has 0 fully saturated rings. The van der Waals surface area contributed by atoms with Crippen LogP contribution in [0.15, 0.2) is 48.5 Å². The predicted molar refractivity (Wildman–Crippen MR) is 92.9 cm³/mol. The number of hydrogen-bond acceptors (Lipinski definition) is 2. The molecule has 2 heterocycles. The largest absolute Gasteiger partial charge is 0.305 e. The summed E-state index contributed by atoms with van der Waals surface area (Å²) >= 11 is 0. The average molecular weight is 320 g/mol. The monoisotopic (exact) mass is 320 g/mol. The molecule has 0 radical (unpaired) electrons. The lowest BCUT2D eigenvalue weighted by Gasteiger charge is -2.23. The summed E-state index contributed by atoms with van der Waals surface area (Å²) in [4.78, 5) is 19.5. The van der Waals surface area contributed by atoms with Gasteiger partial charge in [0, 0.05) is 22.8 Å². The molecule has 120 valence electrons. The molecule has 0 bridgehead atoms. The zero-order chi connectivity index (χ0) is 16.8. The van der Waals surface area contributed by atoms with Crippen LogP contribution in [0.4, 0.5) is 10.1 Å². The second kappa shape index (κ2) is 5.41. The molecule has 0 saturated carbocycles. The van der Waals surface area contributed by atoms with Gasteiger partial charge in [0.15, 0.2) is 0 Å². The first kappa shape index (κ1) is 14.8. The number of hydrogen-bond donors (Lipinski definition) is 0. The molecule has 0 aliphatic carbocycles. The van der Waals surface area contributed by atoms with E-state index in [0.29, 0.717) is 16.5 Å². The Kier molecular flexibility index (Phi) is 3.34. The third kappa shape index (κ3) is 2.26. The summed E-state index contributed by atoms with van der Waals surface area (Å²) in [6.07, 6.45) is 0.832. The number of anilines is 1. The Hall–Kier alpha value is -2.75. The molecule has 3 nitrogen and oxygen atoms in total. The van der Waals surface area contributed by atoms with Gasteiger partial charge in [0.05, 0.1) is 11.1 Å². The van der Waals surface area contributed by atoms with Gasteiger partial charge in [-0.05, 0) is 56.2 Å². The minimum atomic E-state index is -0.364. The van der Waals surface area contributed by atoms with Gasteiger partial charge in [0.2, 0.25) is 0 Å². The molecule has 0 saturated heterocycles. The number of pyridine rings is 1. The van der Waals surface area contributed by atoms with Crippen molar-refractivity contribution in [3.63, 3.8) is 0 Å². The van der Waals surface area contributed by atoms with Crippen molar-refractivity contribution in [2.24, 2.45) is 0 Å². The van der Waals surface area contributed by atoms with Gasteiger partial charge in [-0.1, -0.05) is 18.2 Å². The first-order chi connectivity index (χ1) is 11.5. The fourth-order valence-corrected chi connectivity index (χ4v) is 3.51. The van der Waals surface area contributed by atoms with E-state index in [1.54, 1.807) is 12.1 Å². The fraction of sp³-hybridized carbons (Fsp3) is 0.200. The van der Waals surface area contributed by atoms with Crippen molar-refractivity contribution in [3.8, 4) is 0 Å². The number of carbonyl (C=O) groups excluding carboxylic acids is 1. The van der Waals surface area contributed by atoms with E-state index in [-0.39, 0.29) is 17.8 Å². The summed E-state index contributed by atoms with van der Waals surface area (Å²) in [5.41, 5.74) is 3.99. The maximum absolute atomic E-state index is 13.7. The summed E-state index contributed by atoms with van der Waals surface area (Å²) in [5.74, 6) is -0.467. The van der Waals surface area contributed by atoms with Crippen LogP contribution in [0, 0.1) is 12.7 Å². The van der Waals surface area contributed by atoms with Gasteiger partial charge in [-0.2, -0.15) is 0 Å². The summed E-state index contributed by atoms with van der Waals surface area (Å²) < 4.78 is 13.7. The normalized spacial score (nSPS) is 16.5. The lowest BCUT2D eigenvalue weighted by atomic mass is 10.1. The van der Waals surface area contributed by atoms with Gasteiger partial charge < -0.3 is 4.90 Å². The van der Waals surface area contributed by atoms with E-state index in [0.717, 1.165) is 17.8 Å². The maximum atomic E-state index is 13.7. The van der Waals surface area contributed by atoms with Crippen molar-refractivity contribution in [3.05, 3.63) is 71.2 Å². The number of aromatic nitrogens is 1. The quantitative estimate of drug-likeness (QED) is 0.671. The Labute approximate surface area is 139 Å². The molecule has 1 aliphatic heterocycles. The second-order valence-corrected chi connectivity index (χ2v) is 6.33. The molecular weight excluding hydrogens is 303 g/mol. The Bertz CT molecular complexity index is 967. The molecule has 4 rings (SSSR count). The highest BCUT2D eigenvalue weighted by Gasteiger charge is 2.32. The summed E-state index contributed by atoms with van der Waals surface area (Å²) in [5, 5.41) is 0.558. The van der Waals surface area contributed by atoms with E-state index in [2.05, 4.69) is 11.1 Å². The third-order valence-corrected chi connectivity index (χ3v) is 4.56. The second-order valence-electron chi connectivity index (χ2n) is 6.33. The summed E-state index contributed by atoms with van der Waals surface area (Å²) in [6.45, 7) is 3.88. The van der Waals surface area contributed by atoms with Crippen LogP contribution < -0.4 is 4.90 Å². The van der Waals surface area contributed by atoms with Crippen LogP contribution >= 0.6 is 0 Å². The number of fused-ring (bicyclic) bond motifs is 2. The van der Waals surface area contributed by atoms with E-state index in [1.165, 1.54) is 17.7 Å². The summed E-state index contributed by atoms with van der Waals surface area (Å²) in [7, 11) is 0. The lowest BCUT2D eigenvalue weighted by molar-refractivity contribution is 0.0983. The van der Waals surface area contributed by atoms with Gasteiger partial charge in [-0.15, -0.1) is 0 Å². The zero-order valence-electron chi connectivity index (χ0n) is 13.6. The number of carbonyl (C=O) groups is 1. The minimum absolute atomic E-state index is 0.0759. The van der Waals surface area contributed by atoms with Crippen molar-refractivity contribution in [2.75, 3.05) is 4.90 Å². The molecule has 1 amide bonds. The highest BCUT2D eigenvalue weighted by molar-refractivity contribution is 6.14. The number of aryl methyl sites for hydroxylation is 1. The number of nitrogens with zero attached hydrogens (tertiary/aromatic N) is 2. The first-order valence-electron chi connectivity index (χ1n) is 8.03. The number of para-hydroxylation sites is 1. The minimum Gasteiger partial charge on any atom is -0.305 e. The molecule has 0 spiro atoms. The standard InChI is InChI=1S/C20H17FN2O/c1-12-9-17(16-11-15(21)7-8-18(16)22-12)20(24)23-13(2)10-14-5-3-4-6-19(14)23/h3-9,11,13H,10H2,1-2H3/t13-/m1/s1. The van der Waals surface area contributed by atoms with Crippen molar-refractivity contribution < 1.29 is 9.18 Å². The number of benzene rings is 2. The van der Waals surface area contributed by atoms with Crippen LogP contribution in [-0.4, -0.2) is 16.9 Å². The van der Waals surface area contributed by atoms with Gasteiger partial charge in [0.25, 0.3) is 5.91 Å². The number of rotatable bonds is 1. The van der Waals surface area contributed by atoms with Gasteiger partial charge in [-0.25, -0.2) is 4.39 Å². The van der Waals surface area contributed by atoms with E-state index in [1.807, 2.05) is 36.9 Å². The van der Waals surface area contributed by atoms with E-state index >= 15 is 0 Å². The van der Waals surface area contributed by atoms with Crippen LogP contribution in [0.25, 0.3) is 10.9 Å². The SMILES string of the molecule is Cc1cc(C(=O)N2c3ccccc3C[C@H]2C)c2cc(F)ccc2n1. The molecule has 1 aromatic heterocycles. The fourth-order valence-electron chi connectivity index (χ4n) is 3.51. The van der Waals surface area contributed by atoms with Crippen LogP contribution in [0.3, 0.4) is 0 Å². The highest BCUT2D eigenvalue weighted by atomic mass is 19.1. The molecule has 2 aromatic carbocycles. The van der Waals surface area contributed by atoms with E-state index in [4.69, 9.17) is 0 Å². The van der Waals surface area contributed by atoms with Crippen molar-refractivity contribution in [1.82, 2.24) is 4.98 Å². The molecule has 24 heavy (non-hydrogen) atoms. The number of amides is 1. The molecular formula is C20H17FN2O. The Morgan fingerprint density at radius 2 is 2.00 bits per heavy atom. The average Bonchev–Trinajstić information content (AvgIpc) is 2.89. The van der Waals surface area contributed by atoms with Gasteiger partial charge in [-0.3, -0.25) is 9.78 Å². The van der Waals surface area contributed by atoms with Gasteiger partial charge in [0.1, 0.15) is 5.82 Å². The Morgan fingerprint density at radius 3 is 2.83 bits per heavy atom. The smallest absolute Gasteiger partial charge is 0.259 e. The molecule has 1 atom stereocenters. The lowest BCUT2D eigenvalue weighted by Crippen LogP contribution is -2.36. The highest BCUT2D eigenvalue weighted by Crippen LogP contribution is 2.34. The van der Waals surface area contributed by atoms with Crippen molar-refractivity contribution >= 4 is 22.5 Å². The summed E-state index contributed by atoms with van der Waals surface area (Å²) in [6, 6.07) is 14.1. The predicted octanol–water partition coefficient (Wildman–Crippen LogP) is 4.27.